The van der Waals surface area contributed by atoms with Gasteiger partial charge in [-0.1, -0.05) is 12.1 Å². The first-order chi connectivity index (χ1) is 13.1. The number of amides is 1. The first-order valence-electron chi connectivity index (χ1n) is 8.91. The second-order valence-electron chi connectivity index (χ2n) is 6.74. The Morgan fingerprint density at radius 1 is 1.30 bits per heavy atom. The number of rotatable bonds is 4. The van der Waals surface area contributed by atoms with Crippen LogP contribution in [0.25, 0.3) is 5.69 Å². The second kappa shape index (κ2) is 7.14. The molecule has 1 aliphatic rings. The van der Waals surface area contributed by atoms with Crippen molar-refractivity contribution in [3.8, 4) is 5.69 Å². The summed E-state index contributed by atoms with van der Waals surface area (Å²) in [6, 6.07) is 7.27. The third kappa shape index (κ3) is 3.38. The lowest BCUT2D eigenvalue weighted by atomic mass is 9.92. The molecule has 3 aromatic rings. The maximum atomic E-state index is 13.0. The van der Waals surface area contributed by atoms with E-state index in [1.54, 1.807) is 17.1 Å². The maximum absolute atomic E-state index is 13.0. The molecule has 0 saturated carbocycles. The Balaban J connectivity index is 1.61. The Kier molecular flexibility index (Phi) is 4.53. The van der Waals surface area contributed by atoms with Gasteiger partial charge in [-0.2, -0.15) is 5.10 Å². The zero-order valence-electron chi connectivity index (χ0n) is 15.3. The lowest BCUT2D eigenvalue weighted by molar-refractivity contribution is 0.0932. The van der Waals surface area contributed by atoms with Gasteiger partial charge < -0.3 is 10.2 Å². The minimum Gasteiger partial charge on any atom is -0.347 e. The summed E-state index contributed by atoms with van der Waals surface area (Å²) in [4.78, 5) is 27.9. The van der Waals surface area contributed by atoms with Crippen LogP contribution < -0.4 is 10.2 Å². The van der Waals surface area contributed by atoms with Crippen molar-refractivity contribution >= 4 is 11.9 Å². The van der Waals surface area contributed by atoms with Gasteiger partial charge in [-0.25, -0.2) is 19.6 Å². The van der Waals surface area contributed by atoms with Gasteiger partial charge in [-0.15, -0.1) is 0 Å². The van der Waals surface area contributed by atoms with E-state index in [2.05, 4.69) is 25.4 Å². The molecule has 2 aromatic heterocycles. The predicted molar refractivity (Wildman–Crippen MR) is 101 cm³/mol. The highest BCUT2D eigenvalue weighted by Crippen LogP contribution is 2.29. The summed E-state index contributed by atoms with van der Waals surface area (Å²) in [5, 5.41) is 7.29. The third-order valence-corrected chi connectivity index (χ3v) is 4.69. The van der Waals surface area contributed by atoms with E-state index in [1.165, 1.54) is 6.33 Å². The van der Waals surface area contributed by atoms with Crippen LogP contribution in [0.2, 0.25) is 0 Å². The van der Waals surface area contributed by atoms with E-state index in [4.69, 9.17) is 0 Å². The fourth-order valence-electron chi connectivity index (χ4n) is 3.34. The van der Waals surface area contributed by atoms with Crippen molar-refractivity contribution in [1.82, 2.24) is 30.0 Å². The standard InChI is InChI=1S/C19H21N7O/c1-25(2)19-21-10-14-15(7-5-8-16(14)24-19)23-18(27)13-6-3-4-9-17(13)26-12-20-11-22-26/h3-4,6,9-12,15H,5,7-8H2,1-2H3,(H,23,27). The number of aryl methyl sites for hydroxylation is 1. The van der Waals surface area contributed by atoms with Crippen LogP contribution in [0.15, 0.2) is 43.1 Å². The predicted octanol–water partition coefficient (Wildman–Crippen LogP) is 1.93. The van der Waals surface area contributed by atoms with Crippen LogP contribution in [0.1, 0.15) is 40.5 Å². The van der Waals surface area contributed by atoms with Crippen molar-refractivity contribution < 1.29 is 4.79 Å². The average molecular weight is 363 g/mol. The van der Waals surface area contributed by atoms with Crippen molar-refractivity contribution in [2.24, 2.45) is 0 Å². The molecule has 0 spiro atoms. The van der Waals surface area contributed by atoms with Gasteiger partial charge in [0.1, 0.15) is 12.7 Å². The number of hydrogen-bond donors (Lipinski definition) is 1. The van der Waals surface area contributed by atoms with Crippen molar-refractivity contribution in [1.29, 1.82) is 0 Å². The molecule has 4 rings (SSSR count). The molecule has 8 nitrogen and oxygen atoms in total. The van der Waals surface area contributed by atoms with E-state index < -0.39 is 0 Å². The number of nitrogens with one attached hydrogen (secondary N) is 1. The number of anilines is 1. The summed E-state index contributed by atoms with van der Waals surface area (Å²) in [5.74, 6) is 0.549. The maximum Gasteiger partial charge on any atom is 0.253 e. The summed E-state index contributed by atoms with van der Waals surface area (Å²) in [7, 11) is 3.84. The summed E-state index contributed by atoms with van der Waals surface area (Å²) < 4.78 is 1.59. The summed E-state index contributed by atoms with van der Waals surface area (Å²) >= 11 is 0. The lowest BCUT2D eigenvalue weighted by Gasteiger charge is -2.26. The van der Waals surface area contributed by atoms with E-state index in [-0.39, 0.29) is 11.9 Å². The second-order valence-corrected chi connectivity index (χ2v) is 6.74. The van der Waals surface area contributed by atoms with Crippen LogP contribution in [0.5, 0.6) is 0 Å². The summed E-state index contributed by atoms with van der Waals surface area (Å²) in [5.41, 5.74) is 3.26. The molecule has 1 N–H and O–H groups in total. The average Bonchev–Trinajstić information content (AvgIpc) is 3.22. The number of para-hydroxylation sites is 1. The molecular weight excluding hydrogens is 342 g/mol. The molecule has 0 bridgehead atoms. The highest BCUT2D eigenvalue weighted by atomic mass is 16.1. The Bertz CT molecular complexity index is 952. The third-order valence-electron chi connectivity index (χ3n) is 4.69. The van der Waals surface area contributed by atoms with Crippen LogP contribution in [0, 0.1) is 0 Å². The largest absolute Gasteiger partial charge is 0.347 e. The zero-order valence-corrected chi connectivity index (χ0v) is 15.3. The quantitative estimate of drug-likeness (QED) is 0.762. The minimum absolute atomic E-state index is 0.0961. The number of nitrogens with zero attached hydrogens (tertiary/aromatic N) is 6. The lowest BCUT2D eigenvalue weighted by Crippen LogP contribution is -2.32. The molecule has 0 saturated heterocycles. The van der Waals surface area contributed by atoms with Crippen LogP contribution >= 0.6 is 0 Å². The first kappa shape index (κ1) is 17.1. The molecule has 1 atom stereocenters. The fourth-order valence-corrected chi connectivity index (χ4v) is 3.34. The topological polar surface area (TPSA) is 88.8 Å². The molecule has 2 heterocycles. The van der Waals surface area contributed by atoms with Gasteiger partial charge in [0.05, 0.1) is 23.0 Å². The normalized spacial score (nSPS) is 15.9. The monoisotopic (exact) mass is 363 g/mol. The Morgan fingerprint density at radius 3 is 2.93 bits per heavy atom. The van der Waals surface area contributed by atoms with E-state index in [0.29, 0.717) is 17.2 Å². The number of hydrogen-bond acceptors (Lipinski definition) is 6. The van der Waals surface area contributed by atoms with Gasteiger partial charge in [0, 0.05) is 25.9 Å². The molecular formula is C19H21N7O. The van der Waals surface area contributed by atoms with E-state index in [0.717, 1.165) is 30.5 Å². The minimum atomic E-state index is -0.143. The van der Waals surface area contributed by atoms with Gasteiger partial charge in [-0.3, -0.25) is 4.79 Å². The van der Waals surface area contributed by atoms with Gasteiger partial charge >= 0.3 is 0 Å². The summed E-state index contributed by atoms with van der Waals surface area (Å²) in [6.45, 7) is 0. The van der Waals surface area contributed by atoms with Crippen molar-refractivity contribution in [3.63, 3.8) is 0 Å². The molecule has 1 aliphatic carbocycles. The molecule has 1 aromatic carbocycles. The van der Waals surface area contributed by atoms with Crippen LogP contribution in [-0.4, -0.2) is 44.7 Å². The van der Waals surface area contributed by atoms with Crippen LogP contribution in [-0.2, 0) is 6.42 Å². The Morgan fingerprint density at radius 2 is 2.15 bits per heavy atom. The number of benzene rings is 1. The van der Waals surface area contributed by atoms with Crippen LogP contribution in [0.3, 0.4) is 0 Å². The van der Waals surface area contributed by atoms with Gasteiger partial charge in [0.15, 0.2) is 0 Å². The molecule has 0 radical (unpaired) electrons. The van der Waals surface area contributed by atoms with E-state index in [1.807, 2.05) is 43.4 Å². The zero-order chi connectivity index (χ0) is 18.8. The molecule has 138 valence electrons. The van der Waals surface area contributed by atoms with E-state index in [9.17, 15) is 4.79 Å². The molecule has 8 heteroatoms. The number of carbonyl (C=O) groups excluding carboxylic acids is 1. The Hall–Kier alpha value is -3.29. The molecule has 0 fully saturated rings. The number of fused-ring (bicyclic) bond motifs is 1. The number of carbonyl (C=O) groups is 1. The smallest absolute Gasteiger partial charge is 0.253 e. The van der Waals surface area contributed by atoms with Crippen molar-refractivity contribution in [2.45, 2.75) is 25.3 Å². The number of aromatic nitrogens is 5. The molecule has 0 aliphatic heterocycles. The van der Waals surface area contributed by atoms with Crippen LogP contribution in [0.4, 0.5) is 5.95 Å². The highest BCUT2D eigenvalue weighted by molar-refractivity contribution is 5.98. The molecule has 1 unspecified atom stereocenters. The summed E-state index contributed by atoms with van der Waals surface area (Å²) in [6.07, 6.45) is 7.62. The van der Waals surface area contributed by atoms with Gasteiger partial charge in [-0.05, 0) is 31.4 Å². The first-order valence-corrected chi connectivity index (χ1v) is 8.91. The Labute approximate surface area is 157 Å². The molecule has 1 amide bonds. The van der Waals surface area contributed by atoms with Gasteiger partial charge in [0.25, 0.3) is 5.91 Å². The highest BCUT2D eigenvalue weighted by Gasteiger charge is 2.25. The SMILES string of the molecule is CN(C)c1ncc2c(n1)CCCC2NC(=O)c1ccccc1-n1cncn1. The fraction of sp³-hybridized carbons (Fsp3) is 0.316. The van der Waals surface area contributed by atoms with E-state index >= 15 is 0 Å². The van der Waals surface area contributed by atoms with Crippen molar-refractivity contribution in [3.05, 3.63) is 59.9 Å². The van der Waals surface area contributed by atoms with Gasteiger partial charge in [0.2, 0.25) is 5.95 Å². The van der Waals surface area contributed by atoms with Crippen molar-refractivity contribution in [2.75, 3.05) is 19.0 Å². The molecule has 27 heavy (non-hydrogen) atoms.